The standard InChI is InChI=1S/C15H10N2O4S/c18-13-11(16-15(22)17-13)7-8-5-6-12(21-8)9-3-1-2-4-10(9)14(19)20/h1-7H,(H,19,20)(H2,16,17,18,22). The molecular weight excluding hydrogens is 304 g/mol. The third kappa shape index (κ3) is 2.61. The summed E-state index contributed by atoms with van der Waals surface area (Å²) in [6.45, 7) is 0. The number of thiocarbonyl (C=S) groups is 1. The minimum atomic E-state index is -1.03. The maximum atomic E-state index is 11.6. The smallest absolute Gasteiger partial charge is 0.336 e. The van der Waals surface area contributed by atoms with Gasteiger partial charge in [0.2, 0.25) is 0 Å². The minimum Gasteiger partial charge on any atom is -0.478 e. The van der Waals surface area contributed by atoms with Crippen molar-refractivity contribution >= 4 is 35.3 Å². The van der Waals surface area contributed by atoms with Gasteiger partial charge in [-0.15, -0.1) is 0 Å². The Bertz CT molecular complexity index is 822. The van der Waals surface area contributed by atoms with Gasteiger partial charge >= 0.3 is 5.97 Å². The summed E-state index contributed by atoms with van der Waals surface area (Å²) in [6, 6.07) is 9.84. The lowest BCUT2D eigenvalue weighted by atomic mass is 10.1. The van der Waals surface area contributed by atoms with Gasteiger partial charge in [-0.2, -0.15) is 0 Å². The molecule has 1 aliphatic rings. The average molecular weight is 314 g/mol. The molecule has 1 aliphatic heterocycles. The van der Waals surface area contributed by atoms with E-state index < -0.39 is 5.97 Å². The van der Waals surface area contributed by atoms with Crippen LogP contribution in [0, 0.1) is 0 Å². The van der Waals surface area contributed by atoms with Gasteiger partial charge in [-0.3, -0.25) is 10.1 Å². The number of amides is 1. The largest absolute Gasteiger partial charge is 0.478 e. The van der Waals surface area contributed by atoms with Crippen LogP contribution >= 0.6 is 12.2 Å². The molecule has 1 amide bonds. The second kappa shape index (κ2) is 5.45. The van der Waals surface area contributed by atoms with Crippen LogP contribution in [0.15, 0.2) is 46.5 Å². The third-order valence-electron chi connectivity index (χ3n) is 3.06. The second-order valence-electron chi connectivity index (χ2n) is 4.52. The van der Waals surface area contributed by atoms with E-state index in [2.05, 4.69) is 10.6 Å². The summed E-state index contributed by atoms with van der Waals surface area (Å²) in [4.78, 5) is 22.8. The Balaban J connectivity index is 1.95. The number of hydrogen-bond acceptors (Lipinski definition) is 4. The topological polar surface area (TPSA) is 91.6 Å². The van der Waals surface area contributed by atoms with E-state index in [1.807, 2.05) is 0 Å². The zero-order valence-corrected chi connectivity index (χ0v) is 11.9. The Hall–Kier alpha value is -2.93. The molecule has 0 radical (unpaired) electrons. The normalized spacial score (nSPS) is 15.7. The summed E-state index contributed by atoms with van der Waals surface area (Å²) >= 11 is 4.84. The van der Waals surface area contributed by atoms with E-state index in [1.165, 1.54) is 12.1 Å². The molecule has 2 heterocycles. The van der Waals surface area contributed by atoms with Crippen molar-refractivity contribution in [3.8, 4) is 11.3 Å². The second-order valence-corrected chi connectivity index (χ2v) is 4.93. The number of furan rings is 1. The van der Waals surface area contributed by atoms with E-state index in [4.69, 9.17) is 16.6 Å². The number of carbonyl (C=O) groups is 2. The molecule has 1 aromatic heterocycles. The summed E-state index contributed by atoms with van der Waals surface area (Å²) in [5.74, 6) is -0.550. The highest BCUT2D eigenvalue weighted by molar-refractivity contribution is 7.80. The van der Waals surface area contributed by atoms with Crippen LogP contribution < -0.4 is 10.6 Å². The fourth-order valence-electron chi connectivity index (χ4n) is 2.08. The van der Waals surface area contributed by atoms with Crippen LogP contribution in [0.2, 0.25) is 0 Å². The summed E-state index contributed by atoms with van der Waals surface area (Å²) in [6.07, 6.45) is 1.50. The Morgan fingerprint density at radius 1 is 1.18 bits per heavy atom. The first-order valence-electron chi connectivity index (χ1n) is 6.31. The lowest BCUT2D eigenvalue weighted by Crippen LogP contribution is -2.21. The molecule has 0 spiro atoms. The lowest BCUT2D eigenvalue weighted by molar-refractivity contribution is -0.115. The lowest BCUT2D eigenvalue weighted by Gasteiger charge is -2.02. The first-order valence-corrected chi connectivity index (χ1v) is 6.72. The fourth-order valence-corrected chi connectivity index (χ4v) is 2.29. The van der Waals surface area contributed by atoms with Crippen molar-refractivity contribution in [2.75, 3.05) is 0 Å². The van der Waals surface area contributed by atoms with Gasteiger partial charge in [0.15, 0.2) is 5.11 Å². The van der Waals surface area contributed by atoms with Crippen LogP contribution in [0.25, 0.3) is 17.4 Å². The molecule has 1 aromatic carbocycles. The van der Waals surface area contributed by atoms with Crippen LogP contribution in [0.5, 0.6) is 0 Å². The Morgan fingerprint density at radius 2 is 1.95 bits per heavy atom. The van der Waals surface area contributed by atoms with Crippen molar-refractivity contribution in [1.29, 1.82) is 0 Å². The van der Waals surface area contributed by atoms with Crippen molar-refractivity contribution < 1.29 is 19.1 Å². The highest BCUT2D eigenvalue weighted by Gasteiger charge is 2.21. The summed E-state index contributed by atoms with van der Waals surface area (Å²) < 4.78 is 5.60. The van der Waals surface area contributed by atoms with Gasteiger partial charge in [-0.25, -0.2) is 4.79 Å². The van der Waals surface area contributed by atoms with Gasteiger partial charge in [-0.05, 0) is 30.4 Å². The number of aromatic carboxylic acids is 1. The van der Waals surface area contributed by atoms with Crippen molar-refractivity contribution in [3.05, 3.63) is 53.4 Å². The molecule has 22 heavy (non-hydrogen) atoms. The zero-order chi connectivity index (χ0) is 15.7. The van der Waals surface area contributed by atoms with E-state index in [9.17, 15) is 14.7 Å². The van der Waals surface area contributed by atoms with E-state index in [0.29, 0.717) is 17.1 Å². The first-order chi connectivity index (χ1) is 10.5. The molecule has 0 aliphatic carbocycles. The molecule has 0 atom stereocenters. The molecule has 3 N–H and O–H groups in total. The summed E-state index contributed by atoms with van der Waals surface area (Å²) in [5, 5.41) is 14.6. The number of carboxylic acids is 1. The number of benzene rings is 1. The highest BCUT2D eigenvalue weighted by atomic mass is 32.1. The predicted octanol–water partition coefficient (Wildman–Crippen LogP) is 1.99. The molecule has 3 rings (SSSR count). The van der Waals surface area contributed by atoms with Gasteiger partial charge in [0.25, 0.3) is 5.91 Å². The number of nitrogens with one attached hydrogen (secondary N) is 2. The van der Waals surface area contributed by atoms with E-state index in [-0.39, 0.29) is 22.3 Å². The van der Waals surface area contributed by atoms with Crippen molar-refractivity contribution in [2.45, 2.75) is 0 Å². The highest BCUT2D eigenvalue weighted by Crippen LogP contribution is 2.26. The SMILES string of the molecule is O=C1NC(=S)NC1=Cc1ccc(-c2ccccc2C(=O)O)o1. The molecule has 1 fully saturated rings. The Morgan fingerprint density at radius 3 is 2.64 bits per heavy atom. The Labute approximate surface area is 130 Å². The third-order valence-corrected chi connectivity index (χ3v) is 3.26. The quantitative estimate of drug-likeness (QED) is 0.593. The molecule has 6 nitrogen and oxygen atoms in total. The molecule has 0 bridgehead atoms. The zero-order valence-electron chi connectivity index (χ0n) is 11.1. The maximum absolute atomic E-state index is 11.6. The van der Waals surface area contributed by atoms with Crippen LogP contribution in [0.1, 0.15) is 16.1 Å². The van der Waals surface area contributed by atoms with E-state index in [0.717, 1.165) is 0 Å². The minimum absolute atomic E-state index is 0.147. The fraction of sp³-hybridized carbons (Fsp3) is 0. The van der Waals surface area contributed by atoms with Crippen LogP contribution in [-0.2, 0) is 4.79 Å². The van der Waals surface area contributed by atoms with Crippen molar-refractivity contribution in [3.63, 3.8) is 0 Å². The molecule has 1 saturated heterocycles. The summed E-state index contributed by atoms with van der Waals surface area (Å²) in [5.41, 5.74) is 0.894. The van der Waals surface area contributed by atoms with E-state index in [1.54, 1.807) is 30.3 Å². The maximum Gasteiger partial charge on any atom is 0.336 e. The summed E-state index contributed by atoms with van der Waals surface area (Å²) in [7, 11) is 0. The van der Waals surface area contributed by atoms with Gasteiger partial charge < -0.3 is 14.8 Å². The van der Waals surface area contributed by atoms with Crippen molar-refractivity contribution in [2.24, 2.45) is 0 Å². The number of carbonyl (C=O) groups excluding carboxylic acids is 1. The number of carboxylic acid groups (broad SMARTS) is 1. The monoisotopic (exact) mass is 314 g/mol. The first kappa shape index (κ1) is 14.0. The number of hydrogen-bond donors (Lipinski definition) is 3. The Kier molecular flexibility index (Phi) is 3.48. The predicted molar refractivity (Wildman–Crippen MR) is 83.0 cm³/mol. The van der Waals surface area contributed by atoms with Gasteiger partial charge in [0.1, 0.15) is 17.2 Å². The molecule has 0 unspecified atom stereocenters. The molecule has 0 saturated carbocycles. The van der Waals surface area contributed by atoms with Crippen molar-refractivity contribution in [1.82, 2.24) is 10.6 Å². The van der Waals surface area contributed by atoms with Crippen LogP contribution in [0.4, 0.5) is 0 Å². The molecule has 7 heteroatoms. The van der Waals surface area contributed by atoms with Crippen LogP contribution in [0.3, 0.4) is 0 Å². The molecule has 110 valence electrons. The van der Waals surface area contributed by atoms with Crippen LogP contribution in [-0.4, -0.2) is 22.1 Å². The van der Waals surface area contributed by atoms with E-state index >= 15 is 0 Å². The molecular formula is C15H10N2O4S. The van der Waals surface area contributed by atoms with Gasteiger partial charge in [-0.1, -0.05) is 18.2 Å². The van der Waals surface area contributed by atoms with Gasteiger partial charge in [0.05, 0.1) is 5.56 Å². The number of rotatable bonds is 3. The average Bonchev–Trinajstić information content (AvgIpc) is 3.06. The van der Waals surface area contributed by atoms with Gasteiger partial charge in [0, 0.05) is 11.6 Å². The molecule has 2 aromatic rings.